The van der Waals surface area contributed by atoms with Gasteiger partial charge in [0.2, 0.25) is 0 Å². The molecule has 3 aromatic rings. The maximum absolute atomic E-state index is 13.1. The number of anilines is 2. The average molecular weight is 449 g/mol. The SMILES string of the molecule is CCCCOC(=O)c1ccc(NC2=C(Cl)C(=O)N(c3cccc4ccccc34)C2=O)cc1. The fourth-order valence-electron chi connectivity index (χ4n) is 3.46. The number of carbonyl (C=O) groups is 3. The van der Waals surface area contributed by atoms with E-state index in [9.17, 15) is 14.4 Å². The molecule has 1 aliphatic rings. The number of unbranched alkanes of at least 4 members (excludes halogenated alkanes) is 1. The molecule has 6 nitrogen and oxygen atoms in total. The van der Waals surface area contributed by atoms with Gasteiger partial charge >= 0.3 is 5.97 Å². The van der Waals surface area contributed by atoms with Gasteiger partial charge in [0.05, 0.1) is 17.9 Å². The van der Waals surface area contributed by atoms with Crippen LogP contribution >= 0.6 is 11.6 Å². The Morgan fingerprint density at radius 1 is 0.969 bits per heavy atom. The van der Waals surface area contributed by atoms with Gasteiger partial charge < -0.3 is 10.1 Å². The highest BCUT2D eigenvalue weighted by Gasteiger charge is 2.39. The summed E-state index contributed by atoms with van der Waals surface area (Å²) in [4.78, 5) is 39.1. The number of halogens is 1. The van der Waals surface area contributed by atoms with Gasteiger partial charge in [-0.3, -0.25) is 9.59 Å². The normalized spacial score (nSPS) is 13.8. The maximum Gasteiger partial charge on any atom is 0.338 e. The fourth-order valence-corrected chi connectivity index (χ4v) is 3.67. The first kappa shape index (κ1) is 21.6. The Balaban J connectivity index is 1.54. The van der Waals surface area contributed by atoms with Crippen molar-refractivity contribution in [1.29, 1.82) is 0 Å². The third kappa shape index (κ3) is 4.09. The number of hydrogen-bond donors (Lipinski definition) is 1. The molecule has 0 radical (unpaired) electrons. The van der Waals surface area contributed by atoms with Crippen LogP contribution in [0, 0.1) is 0 Å². The van der Waals surface area contributed by atoms with E-state index in [1.165, 1.54) is 0 Å². The van der Waals surface area contributed by atoms with Crippen LogP contribution in [0.3, 0.4) is 0 Å². The van der Waals surface area contributed by atoms with Crippen molar-refractivity contribution >= 4 is 51.5 Å². The molecule has 0 saturated heterocycles. The molecule has 0 aromatic heterocycles. The number of imide groups is 1. The predicted molar refractivity (Wildman–Crippen MR) is 125 cm³/mol. The lowest BCUT2D eigenvalue weighted by molar-refractivity contribution is -0.120. The largest absolute Gasteiger partial charge is 0.462 e. The quantitative estimate of drug-likeness (QED) is 0.304. The van der Waals surface area contributed by atoms with E-state index in [1.54, 1.807) is 36.4 Å². The van der Waals surface area contributed by atoms with E-state index in [1.807, 2.05) is 37.3 Å². The summed E-state index contributed by atoms with van der Waals surface area (Å²) in [6.07, 6.45) is 1.75. The number of carbonyl (C=O) groups excluding carboxylic acids is 3. The molecule has 0 fully saturated rings. The van der Waals surface area contributed by atoms with Crippen LogP contribution in [-0.2, 0) is 14.3 Å². The Morgan fingerprint density at radius 2 is 1.69 bits per heavy atom. The summed E-state index contributed by atoms with van der Waals surface area (Å²) in [6.45, 7) is 2.39. The van der Waals surface area contributed by atoms with Crippen LogP contribution in [0.25, 0.3) is 10.8 Å². The summed E-state index contributed by atoms with van der Waals surface area (Å²) >= 11 is 6.25. The van der Waals surface area contributed by atoms with E-state index in [0.717, 1.165) is 28.5 Å². The van der Waals surface area contributed by atoms with Gasteiger partial charge in [0, 0.05) is 11.1 Å². The molecular weight excluding hydrogens is 428 g/mol. The predicted octanol–water partition coefficient (Wildman–Crippen LogP) is 5.23. The Kier molecular flexibility index (Phi) is 6.23. The maximum atomic E-state index is 13.1. The van der Waals surface area contributed by atoms with Gasteiger partial charge in [-0.1, -0.05) is 61.3 Å². The Morgan fingerprint density at radius 3 is 2.44 bits per heavy atom. The number of fused-ring (bicyclic) bond motifs is 1. The second-order valence-corrected chi connectivity index (χ2v) is 7.70. The number of esters is 1. The van der Waals surface area contributed by atoms with Gasteiger partial charge in [-0.2, -0.15) is 0 Å². The van der Waals surface area contributed by atoms with Gasteiger partial charge in [-0.25, -0.2) is 9.69 Å². The summed E-state index contributed by atoms with van der Waals surface area (Å²) in [7, 11) is 0. The topological polar surface area (TPSA) is 75.7 Å². The summed E-state index contributed by atoms with van der Waals surface area (Å²) in [5, 5.41) is 4.41. The van der Waals surface area contributed by atoms with Crippen LogP contribution in [0.2, 0.25) is 0 Å². The summed E-state index contributed by atoms with van der Waals surface area (Å²) in [5.74, 6) is -1.54. The van der Waals surface area contributed by atoms with Crippen LogP contribution < -0.4 is 10.2 Å². The van der Waals surface area contributed by atoms with Crippen LogP contribution in [0.5, 0.6) is 0 Å². The first-order chi connectivity index (χ1) is 15.5. The van der Waals surface area contributed by atoms with Gasteiger partial charge in [0.1, 0.15) is 10.7 Å². The smallest absolute Gasteiger partial charge is 0.338 e. The minimum atomic E-state index is -0.591. The Hall–Kier alpha value is -3.64. The molecule has 0 atom stereocenters. The lowest BCUT2D eigenvalue weighted by atomic mass is 10.1. The standard InChI is InChI=1S/C25H21ClN2O4/c1-2-3-15-32-25(31)17-11-13-18(14-12-17)27-22-21(26)23(29)28(24(22)30)20-10-6-8-16-7-4-5-9-19(16)20/h4-14,27H,2-3,15H2,1H3. The molecule has 0 saturated carbocycles. The number of benzene rings is 3. The van der Waals surface area contributed by atoms with Gasteiger partial charge in [-0.15, -0.1) is 0 Å². The van der Waals surface area contributed by atoms with Crippen LogP contribution in [0.15, 0.2) is 77.5 Å². The van der Waals surface area contributed by atoms with Gasteiger partial charge in [-0.05, 0) is 42.1 Å². The zero-order chi connectivity index (χ0) is 22.7. The highest BCUT2D eigenvalue weighted by molar-refractivity contribution is 6.53. The van der Waals surface area contributed by atoms with Crippen molar-refractivity contribution < 1.29 is 19.1 Å². The Labute approximate surface area is 190 Å². The first-order valence-corrected chi connectivity index (χ1v) is 10.7. The molecule has 7 heteroatoms. The zero-order valence-electron chi connectivity index (χ0n) is 17.4. The van der Waals surface area contributed by atoms with Crippen molar-refractivity contribution in [2.75, 3.05) is 16.8 Å². The Bertz CT molecular complexity index is 1230. The van der Waals surface area contributed by atoms with Crippen molar-refractivity contribution in [3.8, 4) is 0 Å². The third-order valence-corrected chi connectivity index (χ3v) is 5.51. The van der Waals surface area contributed by atoms with Crippen LogP contribution in [0.4, 0.5) is 11.4 Å². The molecule has 1 N–H and O–H groups in total. The molecule has 0 spiro atoms. The van der Waals surface area contributed by atoms with Crippen LogP contribution in [-0.4, -0.2) is 24.4 Å². The molecule has 3 aromatic carbocycles. The molecule has 0 aliphatic carbocycles. The number of ether oxygens (including phenoxy) is 1. The van der Waals surface area contributed by atoms with Crippen LogP contribution in [0.1, 0.15) is 30.1 Å². The summed E-state index contributed by atoms with van der Waals surface area (Å²) in [5.41, 5.74) is 1.38. The second-order valence-electron chi connectivity index (χ2n) is 7.32. The van der Waals surface area contributed by atoms with E-state index < -0.39 is 17.8 Å². The number of rotatable bonds is 7. The van der Waals surface area contributed by atoms with E-state index >= 15 is 0 Å². The molecule has 1 heterocycles. The average Bonchev–Trinajstić information content (AvgIpc) is 3.02. The van der Waals surface area contributed by atoms with Crippen molar-refractivity contribution in [3.05, 3.63) is 83.0 Å². The summed E-state index contributed by atoms with van der Waals surface area (Å²) < 4.78 is 5.19. The number of nitrogens with zero attached hydrogens (tertiary/aromatic N) is 1. The number of hydrogen-bond acceptors (Lipinski definition) is 5. The monoisotopic (exact) mass is 448 g/mol. The molecule has 1 aliphatic heterocycles. The highest BCUT2D eigenvalue weighted by atomic mass is 35.5. The third-order valence-electron chi connectivity index (χ3n) is 5.16. The fraction of sp³-hybridized carbons (Fsp3) is 0.160. The van der Waals surface area contributed by atoms with E-state index in [0.29, 0.717) is 23.5 Å². The molecule has 32 heavy (non-hydrogen) atoms. The van der Waals surface area contributed by atoms with E-state index in [2.05, 4.69) is 5.32 Å². The second kappa shape index (κ2) is 9.24. The zero-order valence-corrected chi connectivity index (χ0v) is 18.2. The molecule has 2 amide bonds. The lowest BCUT2D eigenvalue weighted by Gasteiger charge is -2.17. The number of nitrogens with one attached hydrogen (secondary N) is 1. The first-order valence-electron chi connectivity index (χ1n) is 10.3. The summed E-state index contributed by atoms with van der Waals surface area (Å²) in [6, 6.07) is 19.4. The minimum Gasteiger partial charge on any atom is -0.462 e. The van der Waals surface area contributed by atoms with Crippen molar-refractivity contribution in [3.63, 3.8) is 0 Å². The molecule has 162 valence electrons. The van der Waals surface area contributed by atoms with E-state index in [4.69, 9.17) is 16.3 Å². The minimum absolute atomic E-state index is 0.0112. The molecule has 0 unspecified atom stereocenters. The number of amides is 2. The molecular formula is C25H21ClN2O4. The van der Waals surface area contributed by atoms with Gasteiger partial charge in [0.15, 0.2) is 0 Å². The highest BCUT2D eigenvalue weighted by Crippen LogP contribution is 2.34. The molecule has 4 rings (SSSR count). The van der Waals surface area contributed by atoms with E-state index in [-0.39, 0.29) is 10.7 Å². The lowest BCUT2D eigenvalue weighted by Crippen LogP contribution is -2.32. The van der Waals surface area contributed by atoms with Gasteiger partial charge in [0.25, 0.3) is 11.8 Å². The molecule has 0 bridgehead atoms. The van der Waals surface area contributed by atoms with Crippen molar-refractivity contribution in [2.45, 2.75) is 19.8 Å². The van der Waals surface area contributed by atoms with Crippen molar-refractivity contribution in [2.24, 2.45) is 0 Å². The van der Waals surface area contributed by atoms with Crippen molar-refractivity contribution in [1.82, 2.24) is 0 Å².